The minimum absolute atomic E-state index is 0. The Kier molecular flexibility index (Phi) is 11.0. The van der Waals surface area contributed by atoms with Crippen LogP contribution in [0.2, 0.25) is 0 Å². The summed E-state index contributed by atoms with van der Waals surface area (Å²) in [7, 11) is -1.95. The SMILES string of the molecule is CCSC#C[P+](/C=C/c1ccccc1)(/C=C/c1ccccc1)/C=C/c1ccccc1.[Cl-]. The first-order valence-corrected chi connectivity index (χ1v) is 13.0. The summed E-state index contributed by atoms with van der Waals surface area (Å²) in [6.07, 6.45) is 6.59. The van der Waals surface area contributed by atoms with Crippen LogP contribution in [0.4, 0.5) is 0 Å². The third kappa shape index (κ3) is 8.64. The lowest BCUT2D eigenvalue weighted by molar-refractivity contribution is -0.00000575. The third-order valence-electron chi connectivity index (χ3n) is 4.40. The Bertz CT molecular complexity index is 925. The van der Waals surface area contributed by atoms with Crippen molar-refractivity contribution in [2.75, 3.05) is 5.75 Å². The van der Waals surface area contributed by atoms with Crippen molar-refractivity contribution in [2.24, 2.45) is 0 Å². The van der Waals surface area contributed by atoms with Crippen LogP contribution in [0.1, 0.15) is 23.6 Å². The lowest BCUT2D eigenvalue weighted by atomic mass is 10.2. The first-order valence-electron chi connectivity index (χ1n) is 10.0. The Hall–Kier alpha value is -2.49. The number of rotatable bonds is 7. The van der Waals surface area contributed by atoms with E-state index in [9.17, 15) is 0 Å². The van der Waals surface area contributed by atoms with Crippen molar-refractivity contribution < 1.29 is 12.4 Å². The van der Waals surface area contributed by atoms with Gasteiger partial charge < -0.3 is 12.4 Å². The predicted octanol–water partition coefficient (Wildman–Crippen LogP) is 5.69. The molecule has 0 amide bonds. The highest BCUT2D eigenvalue weighted by Gasteiger charge is 2.28. The summed E-state index contributed by atoms with van der Waals surface area (Å²) in [4.78, 5) is 0. The Morgan fingerprint density at radius 3 is 1.32 bits per heavy atom. The minimum atomic E-state index is -1.95. The standard InChI is InChI=1S/C28H26PS.ClH/c1-2-30-25-24-29(21-18-26-12-6-3-7-13-26,22-19-27-14-8-4-9-15-27)23-20-28-16-10-5-11-17-28;/h3-23H,2H2,1H3;1H/q+1;/p-1/b21-18+,22-19+,23-20+;. The van der Waals surface area contributed by atoms with Gasteiger partial charge in [0.1, 0.15) is 5.66 Å². The lowest BCUT2D eigenvalue weighted by Crippen LogP contribution is -3.00. The first kappa shape index (κ1) is 24.8. The van der Waals surface area contributed by atoms with Crippen molar-refractivity contribution in [1.82, 2.24) is 0 Å². The van der Waals surface area contributed by atoms with Crippen LogP contribution >= 0.6 is 19.0 Å². The van der Waals surface area contributed by atoms with Crippen LogP contribution < -0.4 is 12.4 Å². The highest BCUT2D eigenvalue weighted by molar-refractivity contribution is 8.04. The first-order chi connectivity index (χ1) is 14.8. The molecule has 0 aliphatic carbocycles. The number of benzene rings is 3. The summed E-state index contributed by atoms with van der Waals surface area (Å²) in [6, 6.07) is 31.3. The molecule has 0 saturated carbocycles. The van der Waals surface area contributed by atoms with Crippen molar-refractivity contribution in [3.05, 3.63) is 125 Å². The van der Waals surface area contributed by atoms with Crippen molar-refractivity contribution >= 4 is 37.3 Å². The quantitative estimate of drug-likeness (QED) is 0.322. The summed E-state index contributed by atoms with van der Waals surface area (Å²) in [5.41, 5.74) is 7.17. The molecule has 0 aliphatic rings. The second kappa shape index (κ2) is 13.7. The van der Waals surface area contributed by atoms with Crippen LogP contribution in [0.5, 0.6) is 0 Å². The summed E-state index contributed by atoms with van der Waals surface area (Å²) in [6.45, 7) is 2.14. The molecular formula is C28H26ClPS. The fourth-order valence-electron chi connectivity index (χ4n) is 2.77. The number of thioether (sulfide) groups is 1. The zero-order valence-corrected chi connectivity index (χ0v) is 20.0. The molecule has 0 saturated heterocycles. The predicted molar refractivity (Wildman–Crippen MR) is 139 cm³/mol. The molecule has 3 rings (SSSR count). The van der Waals surface area contributed by atoms with Gasteiger partial charge >= 0.3 is 0 Å². The molecule has 0 N–H and O–H groups in total. The topological polar surface area (TPSA) is 0 Å². The molecule has 0 aliphatic heterocycles. The Morgan fingerprint density at radius 1 is 0.645 bits per heavy atom. The monoisotopic (exact) mass is 460 g/mol. The zero-order valence-electron chi connectivity index (χ0n) is 17.6. The van der Waals surface area contributed by atoms with Gasteiger partial charge in [0.05, 0.1) is 17.5 Å². The summed E-state index contributed by atoms with van der Waals surface area (Å²) >= 11 is 1.66. The van der Waals surface area contributed by atoms with Gasteiger partial charge in [-0.15, -0.1) is 0 Å². The van der Waals surface area contributed by atoms with Gasteiger partial charge in [-0.2, -0.15) is 0 Å². The Morgan fingerprint density at radius 2 is 1.00 bits per heavy atom. The van der Waals surface area contributed by atoms with E-state index in [0.29, 0.717) is 0 Å². The number of hydrogen-bond acceptors (Lipinski definition) is 1. The van der Waals surface area contributed by atoms with Crippen LogP contribution in [0.15, 0.2) is 108 Å². The molecule has 0 atom stereocenters. The fraction of sp³-hybridized carbons (Fsp3) is 0.0714. The molecule has 31 heavy (non-hydrogen) atoms. The number of hydrogen-bond donors (Lipinski definition) is 0. The largest absolute Gasteiger partial charge is 1.00 e. The molecule has 0 radical (unpaired) electrons. The van der Waals surface area contributed by atoms with Crippen molar-refractivity contribution in [2.45, 2.75) is 6.92 Å². The van der Waals surface area contributed by atoms with E-state index in [2.05, 4.69) is 126 Å². The molecule has 0 nitrogen and oxygen atoms in total. The zero-order chi connectivity index (χ0) is 20.9. The molecule has 0 aromatic heterocycles. The van der Waals surface area contributed by atoms with E-state index in [1.54, 1.807) is 11.8 Å². The van der Waals surface area contributed by atoms with Crippen LogP contribution in [0.25, 0.3) is 18.2 Å². The molecule has 3 aromatic rings. The highest BCUT2D eigenvalue weighted by Crippen LogP contribution is 2.64. The van der Waals surface area contributed by atoms with E-state index in [1.165, 1.54) is 16.7 Å². The molecule has 0 fully saturated rings. The van der Waals surface area contributed by atoms with Crippen LogP contribution in [0, 0.1) is 10.9 Å². The smallest absolute Gasteiger partial charge is 0.168 e. The van der Waals surface area contributed by atoms with E-state index in [4.69, 9.17) is 0 Å². The average molecular weight is 461 g/mol. The summed E-state index contributed by atoms with van der Waals surface area (Å²) < 4.78 is 0. The van der Waals surface area contributed by atoms with Gasteiger partial charge in [-0.3, -0.25) is 0 Å². The Balaban J connectivity index is 0.00000341. The molecule has 3 heteroatoms. The number of halogens is 1. The van der Waals surface area contributed by atoms with E-state index in [-0.39, 0.29) is 12.4 Å². The van der Waals surface area contributed by atoms with Gasteiger partial charge in [0.2, 0.25) is 0 Å². The lowest BCUT2D eigenvalue weighted by Gasteiger charge is -2.07. The van der Waals surface area contributed by atoms with Crippen molar-refractivity contribution in [3.63, 3.8) is 0 Å². The van der Waals surface area contributed by atoms with Gasteiger partial charge in [0, 0.05) is 11.0 Å². The maximum atomic E-state index is 3.61. The van der Waals surface area contributed by atoms with Gasteiger partial charge in [0.25, 0.3) is 0 Å². The average Bonchev–Trinajstić information content (AvgIpc) is 2.82. The summed E-state index contributed by atoms with van der Waals surface area (Å²) in [5, 5.41) is 3.35. The molecule has 0 unspecified atom stereocenters. The van der Waals surface area contributed by atoms with Gasteiger partial charge in [-0.05, 0) is 34.9 Å². The molecule has 3 aromatic carbocycles. The van der Waals surface area contributed by atoms with Crippen LogP contribution in [0.3, 0.4) is 0 Å². The van der Waals surface area contributed by atoms with Crippen LogP contribution in [-0.4, -0.2) is 5.75 Å². The highest BCUT2D eigenvalue weighted by atomic mass is 35.5. The summed E-state index contributed by atoms with van der Waals surface area (Å²) in [5.74, 6) is 7.87. The molecule has 0 bridgehead atoms. The second-order valence-corrected chi connectivity index (χ2v) is 10.5. The third-order valence-corrected chi connectivity index (χ3v) is 7.51. The van der Waals surface area contributed by atoms with Crippen LogP contribution in [-0.2, 0) is 0 Å². The van der Waals surface area contributed by atoms with E-state index >= 15 is 0 Å². The fourth-order valence-corrected chi connectivity index (χ4v) is 5.58. The van der Waals surface area contributed by atoms with E-state index < -0.39 is 7.26 Å². The molecule has 156 valence electrons. The molecule has 0 spiro atoms. The molecule has 0 heterocycles. The minimum Gasteiger partial charge on any atom is -1.00 e. The second-order valence-electron chi connectivity index (χ2n) is 6.66. The normalized spacial score (nSPS) is 11.4. The van der Waals surface area contributed by atoms with Crippen molar-refractivity contribution in [3.8, 4) is 10.9 Å². The maximum Gasteiger partial charge on any atom is 0.168 e. The maximum absolute atomic E-state index is 3.61. The van der Waals surface area contributed by atoms with E-state index in [1.807, 2.05) is 18.2 Å². The Labute approximate surface area is 197 Å². The van der Waals surface area contributed by atoms with Gasteiger partial charge in [-0.25, -0.2) is 0 Å². The van der Waals surface area contributed by atoms with Gasteiger partial charge in [0.15, 0.2) is 7.26 Å². The van der Waals surface area contributed by atoms with Crippen molar-refractivity contribution in [1.29, 1.82) is 0 Å². The van der Waals surface area contributed by atoms with E-state index in [0.717, 1.165) is 5.75 Å². The molecular weight excluding hydrogens is 435 g/mol. The van der Waals surface area contributed by atoms with Gasteiger partial charge in [-0.1, -0.05) is 110 Å².